The Hall–Kier alpha value is -1.06. The number of thiophene rings is 1. The quantitative estimate of drug-likeness (QED) is 0.604. The number of amides is 1. The van der Waals surface area contributed by atoms with Gasteiger partial charge in [0.25, 0.3) is 10.0 Å². The molecule has 0 aliphatic heterocycles. The highest BCUT2D eigenvalue weighted by Gasteiger charge is 2.25. The average Bonchev–Trinajstić information content (AvgIpc) is 3.16. The van der Waals surface area contributed by atoms with Crippen LogP contribution in [-0.2, 0) is 21.2 Å². The Labute approximate surface area is 167 Å². The number of carbonyl (C=O) groups is 1. The van der Waals surface area contributed by atoms with Crippen LogP contribution >= 0.6 is 34.7 Å². The molecule has 0 fully saturated rings. The van der Waals surface area contributed by atoms with Gasteiger partial charge in [0, 0.05) is 11.6 Å². The van der Waals surface area contributed by atoms with Gasteiger partial charge in [0.1, 0.15) is 10.3 Å². The van der Waals surface area contributed by atoms with Crippen LogP contribution in [0.15, 0.2) is 46.0 Å². The van der Waals surface area contributed by atoms with Crippen molar-refractivity contribution in [1.29, 1.82) is 0 Å². The molecule has 1 aromatic carbocycles. The van der Waals surface area contributed by atoms with E-state index >= 15 is 0 Å². The number of carbonyl (C=O) groups excluding carboxylic acids is 1. The van der Waals surface area contributed by atoms with E-state index in [1.54, 1.807) is 35.3 Å². The van der Waals surface area contributed by atoms with E-state index in [1.165, 1.54) is 6.07 Å². The Kier molecular flexibility index (Phi) is 8.43. The predicted octanol–water partition coefficient (Wildman–Crippen LogP) is 3.16. The van der Waals surface area contributed by atoms with E-state index in [4.69, 9.17) is 11.6 Å². The van der Waals surface area contributed by atoms with Gasteiger partial charge in [-0.05, 0) is 54.0 Å². The van der Waals surface area contributed by atoms with Gasteiger partial charge in [-0.3, -0.25) is 4.79 Å². The Morgan fingerprint density at radius 2 is 2.00 bits per heavy atom. The molecule has 2 N–H and O–H groups in total. The normalized spacial score (nSPS) is 12.7. The summed E-state index contributed by atoms with van der Waals surface area (Å²) >= 11 is 8.55. The molecule has 0 bridgehead atoms. The first kappa shape index (κ1) is 21.2. The third-order valence-corrected chi connectivity index (χ3v) is 7.38. The summed E-state index contributed by atoms with van der Waals surface area (Å²) in [5.41, 5.74) is 1.05. The highest BCUT2D eigenvalue weighted by atomic mass is 35.5. The maximum Gasteiger partial charge on any atom is 0.250 e. The first-order valence-corrected chi connectivity index (χ1v) is 12.1. The van der Waals surface area contributed by atoms with Crippen molar-refractivity contribution in [3.63, 3.8) is 0 Å². The van der Waals surface area contributed by atoms with Crippen LogP contribution in [0.25, 0.3) is 0 Å². The molecule has 1 atom stereocenters. The topological polar surface area (TPSA) is 75.3 Å². The van der Waals surface area contributed by atoms with Crippen LogP contribution in [0.3, 0.4) is 0 Å². The van der Waals surface area contributed by atoms with Crippen molar-refractivity contribution in [3.05, 3.63) is 52.4 Å². The number of hydrogen-bond donors (Lipinski definition) is 2. The largest absolute Gasteiger partial charge is 0.354 e. The minimum Gasteiger partial charge on any atom is -0.354 e. The molecule has 5 nitrogen and oxygen atoms in total. The first-order valence-electron chi connectivity index (χ1n) is 7.99. The lowest BCUT2D eigenvalue weighted by molar-refractivity contribution is -0.122. The molecule has 1 amide bonds. The van der Waals surface area contributed by atoms with E-state index in [-0.39, 0.29) is 10.1 Å². The smallest absolute Gasteiger partial charge is 0.250 e. The molecule has 0 saturated heterocycles. The minimum absolute atomic E-state index is 0.209. The zero-order valence-corrected chi connectivity index (χ0v) is 17.5. The molecular weight excluding hydrogens is 412 g/mol. The second-order valence-electron chi connectivity index (χ2n) is 5.55. The highest BCUT2D eigenvalue weighted by molar-refractivity contribution is 7.98. The molecular formula is C17H21ClN2O3S3. The molecule has 1 aromatic heterocycles. The zero-order chi connectivity index (χ0) is 19.0. The van der Waals surface area contributed by atoms with Crippen LogP contribution in [0.1, 0.15) is 12.0 Å². The van der Waals surface area contributed by atoms with Crippen molar-refractivity contribution < 1.29 is 13.2 Å². The van der Waals surface area contributed by atoms with Crippen LogP contribution < -0.4 is 10.0 Å². The second-order valence-corrected chi connectivity index (χ2v) is 9.87. The summed E-state index contributed by atoms with van der Waals surface area (Å²) in [7, 11) is -3.69. The molecule has 9 heteroatoms. The van der Waals surface area contributed by atoms with Gasteiger partial charge in [0.15, 0.2) is 0 Å². The maximum atomic E-state index is 12.5. The molecule has 142 valence electrons. The predicted molar refractivity (Wildman–Crippen MR) is 110 cm³/mol. The van der Waals surface area contributed by atoms with Gasteiger partial charge in [-0.2, -0.15) is 16.5 Å². The molecule has 0 aliphatic carbocycles. The van der Waals surface area contributed by atoms with Gasteiger partial charge in [-0.1, -0.05) is 29.8 Å². The summed E-state index contributed by atoms with van der Waals surface area (Å²) in [5, 5.41) is 5.17. The summed E-state index contributed by atoms with van der Waals surface area (Å²) in [6.45, 7) is 0.428. The van der Waals surface area contributed by atoms with Gasteiger partial charge in [-0.25, -0.2) is 8.42 Å². The lowest BCUT2D eigenvalue weighted by Gasteiger charge is -2.17. The van der Waals surface area contributed by atoms with E-state index in [2.05, 4.69) is 10.0 Å². The van der Waals surface area contributed by atoms with Crippen molar-refractivity contribution >= 4 is 50.6 Å². The van der Waals surface area contributed by atoms with E-state index in [9.17, 15) is 13.2 Å². The van der Waals surface area contributed by atoms with Gasteiger partial charge in [-0.15, -0.1) is 11.3 Å². The SMILES string of the molecule is CSCCC(NS(=O)(=O)c1cccs1)C(=O)NCCc1ccc(Cl)cc1. The van der Waals surface area contributed by atoms with E-state index < -0.39 is 16.1 Å². The fourth-order valence-corrected chi connectivity index (χ4v) is 5.08. The molecule has 0 radical (unpaired) electrons. The molecule has 1 unspecified atom stereocenters. The number of rotatable bonds is 10. The average molecular weight is 433 g/mol. The number of halogens is 1. The summed E-state index contributed by atoms with van der Waals surface area (Å²) in [6.07, 6.45) is 3.00. The van der Waals surface area contributed by atoms with Gasteiger partial charge in [0.05, 0.1) is 0 Å². The van der Waals surface area contributed by atoms with Gasteiger partial charge in [0.2, 0.25) is 5.91 Å². The number of benzene rings is 1. The number of hydrogen-bond acceptors (Lipinski definition) is 5. The van der Waals surface area contributed by atoms with Crippen LogP contribution in [0.4, 0.5) is 0 Å². The molecule has 0 saturated carbocycles. The lowest BCUT2D eigenvalue weighted by atomic mass is 10.1. The molecule has 1 heterocycles. The Morgan fingerprint density at radius 3 is 2.62 bits per heavy atom. The van der Waals surface area contributed by atoms with Crippen LogP contribution in [0.5, 0.6) is 0 Å². The van der Waals surface area contributed by atoms with Gasteiger partial charge < -0.3 is 5.32 Å². The van der Waals surface area contributed by atoms with Crippen LogP contribution in [-0.4, -0.2) is 38.9 Å². The summed E-state index contributed by atoms with van der Waals surface area (Å²) < 4.78 is 27.5. The molecule has 26 heavy (non-hydrogen) atoms. The number of thioether (sulfide) groups is 1. The molecule has 2 rings (SSSR count). The lowest BCUT2D eigenvalue weighted by Crippen LogP contribution is -2.47. The van der Waals surface area contributed by atoms with Crippen molar-refractivity contribution in [2.75, 3.05) is 18.6 Å². The zero-order valence-electron chi connectivity index (χ0n) is 14.3. The monoisotopic (exact) mass is 432 g/mol. The number of nitrogens with one attached hydrogen (secondary N) is 2. The van der Waals surface area contributed by atoms with E-state index in [0.29, 0.717) is 30.2 Å². The Balaban J connectivity index is 1.94. The summed E-state index contributed by atoms with van der Waals surface area (Å²) in [4.78, 5) is 12.5. The van der Waals surface area contributed by atoms with Crippen LogP contribution in [0, 0.1) is 0 Å². The minimum atomic E-state index is -3.69. The molecule has 0 spiro atoms. The van der Waals surface area contributed by atoms with Crippen LogP contribution in [0.2, 0.25) is 5.02 Å². The van der Waals surface area contributed by atoms with E-state index in [1.807, 2.05) is 18.4 Å². The van der Waals surface area contributed by atoms with Crippen molar-refractivity contribution in [2.24, 2.45) is 0 Å². The second kappa shape index (κ2) is 10.3. The number of sulfonamides is 1. The van der Waals surface area contributed by atoms with Crippen molar-refractivity contribution in [3.8, 4) is 0 Å². The van der Waals surface area contributed by atoms with E-state index in [0.717, 1.165) is 16.9 Å². The Bertz CT molecular complexity index is 793. The molecule has 2 aromatic rings. The first-order chi connectivity index (χ1) is 12.4. The third-order valence-electron chi connectivity index (χ3n) is 3.61. The van der Waals surface area contributed by atoms with Gasteiger partial charge >= 0.3 is 0 Å². The summed E-state index contributed by atoms with van der Waals surface area (Å²) in [6, 6.07) is 9.81. The van der Waals surface area contributed by atoms with Crippen molar-refractivity contribution in [2.45, 2.75) is 23.1 Å². The maximum absolute atomic E-state index is 12.5. The fourth-order valence-electron chi connectivity index (χ4n) is 2.25. The summed E-state index contributed by atoms with van der Waals surface area (Å²) in [5.74, 6) is 0.371. The highest BCUT2D eigenvalue weighted by Crippen LogP contribution is 2.17. The Morgan fingerprint density at radius 1 is 1.27 bits per heavy atom. The standard InChI is InChI=1S/C17H21ClN2O3S3/c1-24-12-9-15(20-26(22,23)16-3-2-11-25-16)17(21)19-10-8-13-4-6-14(18)7-5-13/h2-7,11,15,20H,8-10,12H2,1H3,(H,19,21). The van der Waals surface area contributed by atoms with Crippen molar-refractivity contribution in [1.82, 2.24) is 10.0 Å². The molecule has 0 aliphatic rings. The third kappa shape index (κ3) is 6.59. The fraction of sp³-hybridized carbons (Fsp3) is 0.353.